The first-order valence-corrected chi connectivity index (χ1v) is 9.86. The summed E-state index contributed by atoms with van der Waals surface area (Å²) in [6.07, 6.45) is 2.57. The second-order valence-corrected chi connectivity index (χ2v) is 7.37. The summed E-state index contributed by atoms with van der Waals surface area (Å²) in [5.41, 5.74) is 2.95. The van der Waals surface area contributed by atoms with Crippen LogP contribution in [0.3, 0.4) is 0 Å². The first kappa shape index (κ1) is 17.7. The molecular formula is C22H21N3O4. The fourth-order valence-electron chi connectivity index (χ4n) is 4.10. The van der Waals surface area contributed by atoms with Crippen LogP contribution in [-0.4, -0.2) is 37.3 Å². The molecule has 29 heavy (non-hydrogen) atoms. The third-order valence-corrected chi connectivity index (χ3v) is 5.46. The Morgan fingerprint density at radius 2 is 1.97 bits per heavy atom. The molecule has 148 valence electrons. The van der Waals surface area contributed by atoms with E-state index in [0.717, 1.165) is 30.7 Å². The molecule has 0 radical (unpaired) electrons. The summed E-state index contributed by atoms with van der Waals surface area (Å²) in [5, 5.41) is 2.87. The lowest BCUT2D eigenvalue weighted by Crippen LogP contribution is -2.41. The highest BCUT2D eigenvalue weighted by Crippen LogP contribution is 2.38. The van der Waals surface area contributed by atoms with Crippen molar-refractivity contribution in [2.45, 2.75) is 19.3 Å². The van der Waals surface area contributed by atoms with Crippen molar-refractivity contribution in [3.8, 4) is 11.5 Å². The van der Waals surface area contributed by atoms with Crippen LogP contribution in [0.2, 0.25) is 0 Å². The standard InChI is InChI=1S/C22H21N3O4/c26-21(23-14-8-9-19-20(12-14)29-11-10-28-19)13-25-18-7-2-1-5-17(18)24-16-6-3-4-15(16)22(25)27/h1-2,5,7-9,12,15H,3-4,6,10-11,13H2,(H,23,26). The molecule has 2 aliphatic heterocycles. The lowest BCUT2D eigenvalue weighted by molar-refractivity contribution is -0.122. The van der Waals surface area contributed by atoms with Gasteiger partial charge in [-0.25, -0.2) is 0 Å². The molecule has 0 aromatic heterocycles. The molecule has 1 saturated carbocycles. The van der Waals surface area contributed by atoms with Gasteiger partial charge < -0.3 is 19.7 Å². The number of ether oxygens (including phenoxy) is 2. The van der Waals surface area contributed by atoms with Gasteiger partial charge >= 0.3 is 0 Å². The van der Waals surface area contributed by atoms with E-state index >= 15 is 0 Å². The SMILES string of the molecule is O=C(CN1C(=O)C2CCCC2=Nc2ccccc21)Nc1ccc2c(c1)OCCO2. The van der Waals surface area contributed by atoms with Crippen LogP contribution in [0.4, 0.5) is 17.1 Å². The van der Waals surface area contributed by atoms with E-state index in [-0.39, 0.29) is 24.3 Å². The molecule has 1 unspecified atom stereocenters. The van der Waals surface area contributed by atoms with Gasteiger partial charge in [0.05, 0.1) is 17.3 Å². The average Bonchev–Trinajstić information content (AvgIpc) is 3.16. The molecule has 0 saturated heterocycles. The highest BCUT2D eigenvalue weighted by Gasteiger charge is 2.37. The van der Waals surface area contributed by atoms with Gasteiger partial charge in [-0.3, -0.25) is 14.6 Å². The highest BCUT2D eigenvalue weighted by molar-refractivity contribution is 6.16. The predicted molar refractivity (Wildman–Crippen MR) is 109 cm³/mol. The fraction of sp³-hybridized carbons (Fsp3) is 0.318. The number of benzene rings is 2. The van der Waals surface area contributed by atoms with Gasteiger partial charge in [-0.2, -0.15) is 0 Å². The number of carbonyl (C=O) groups excluding carboxylic acids is 2. The zero-order valence-electron chi connectivity index (χ0n) is 15.9. The number of hydrogen-bond acceptors (Lipinski definition) is 5. The number of anilines is 2. The molecule has 1 atom stereocenters. The van der Waals surface area contributed by atoms with Gasteiger partial charge in [0.25, 0.3) is 0 Å². The average molecular weight is 391 g/mol. The molecule has 2 amide bonds. The topological polar surface area (TPSA) is 80.2 Å². The van der Waals surface area contributed by atoms with Gasteiger partial charge in [0.15, 0.2) is 11.5 Å². The minimum absolute atomic E-state index is 0.0523. The molecule has 3 aliphatic rings. The molecule has 0 spiro atoms. The van der Waals surface area contributed by atoms with Crippen molar-refractivity contribution in [1.29, 1.82) is 0 Å². The van der Waals surface area contributed by atoms with E-state index in [0.29, 0.717) is 36.1 Å². The first-order chi connectivity index (χ1) is 14.2. The number of nitrogens with one attached hydrogen (secondary N) is 1. The van der Waals surface area contributed by atoms with E-state index in [2.05, 4.69) is 5.32 Å². The summed E-state index contributed by atoms with van der Waals surface area (Å²) < 4.78 is 11.1. The molecule has 2 heterocycles. The summed E-state index contributed by atoms with van der Waals surface area (Å²) in [4.78, 5) is 32.3. The predicted octanol–water partition coefficient (Wildman–Crippen LogP) is 3.32. The van der Waals surface area contributed by atoms with E-state index in [1.165, 1.54) is 0 Å². The van der Waals surface area contributed by atoms with Gasteiger partial charge in [0.1, 0.15) is 19.8 Å². The van der Waals surface area contributed by atoms with Crippen LogP contribution in [0.15, 0.2) is 47.5 Å². The summed E-state index contributed by atoms with van der Waals surface area (Å²) in [5.74, 6) is 0.713. The van der Waals surface area contributed by atoms with E-state index in [1.807, 2.05) is 24.3 Å². The maximum absolute atomic E-state index is 13.2. The quantitative estimate of drug-likeness (QED) is 0.870. The number of fused-ring (bicyclic) bond motifs is 3. The van der Waals surface area contributed by atoms with E-state index in [9.17, 15) is 9.59 Å². The Morgan fingerprint density at radius 3 is 2.86 bits per heavy atom. The van der Waals surface area contributed by atoms with Gasteiger partial charge in [0, 0.05) is 17.5 Å². The number of carbonyl (C=O) groups is 2. The number of aliphatic imine (C=N–C) groups is 1. The van der Waals surface area contributed by atoms with Crippen LogP contribution < -0.4 is 19.7 Å². The number of hydrogen-bond donors (Lipinski definition) is 1. The van der Waals surface area contributed by atoms with Crippen molar-refractivity contribution in [2.24, 2.45) is 10.9 Å². The van der Waals surface area contributed by atoms with Crippen molar-refractivity contribution < 1.29 is 19.1 Å². The molecule has 5 rings (SSSR count). The Morgan fingerprint density at radius 1 is 1.14 bits per heavy atom. The zero-order chi connectivity index (χ0) is 19.8. The highest BCUT2D eigenvalue weighted by atomic mass is 16.6. The largest absolute Gasteiger partial charge is 0.486 e. The van der Waals surface area contributed by atoms with Crippen molar-refractivity contribution in [2.75, 3.05) is 30.0 Å². The normalized spacial score (nSPS) is 19.7. The second kappa shape index (κ2) is 7.24. The minimum Gasteiger partial charge on any atom is -0.486 e. The number of rotatable bonds is 3. The summed E-state index contributed by atoms with van der Waals surface area (Å²) in [6, 6.07) is 12.8. The van der Waals surface area contributed by atoms with Crippen molar-refractivity contribution >= 4 is 34.6 Å². The maximum atomic E-state index is 13.2. The molecule has 7 heteroatoms. The monoisotopic (exact) mass is 391 g/mol. The van der Waals surface area contributed by atoms with Crippen LogP contribution in [-0.2, 0) is 9.59 Å². The number of para-hydroxylation sites is 2. The van der Waals surface area contributed by atoms with Crippen LogP contribution in [0, 0.1) is 5.92 Å². The Kier molecular flexibility index (Phi) is 4.42. The molecule has 2 aromatic rings. The van der Waals surface area contributed by atoms with Crippen molar-refractivity contribution in [3.05, 3.63) is 42.5 Å². The van der Waals surface area contributed by atoms with E-state index < -0.39 is 0 Å². The Balaban J connectivity index is 1.38. The molecule has 1 fully saturated rings. The lowest BCUT2D eigenvalue weighted by atomic mass is 10.1. The van der Waals surface area contributed by atoms with Gasteiger partial charge in [-0.05, 0) is 43.5 Å². The maximum Gasteiger partial charge on any atom is 0.244 e. The Labute approximate surface area is 168 Å². The molecular weight excluding hydrogens is 370 g/mol. The van der Waals surface area contributed by atoms with Crippen LogP contribution in [0.1, 0.15) is 19.3 Å². The van der Waals surface area contributed by atoms with Crippen LogP contribution >= 0.6 is 0 Å². The van der Waals surface area contributed by atoms with Crippen molar-refractivity contribution in [1.82, 2.24) is 0 Å². The molecule has 2 aromatic carbocycles. The van der Waals surface area contributed by atoms with Gasteiger partial charge in [0.2, 0.25) is 11.8 Å². The lowest BCUT2D eigenvalue weighted by Gasteiger charge is -2.24. The summed E-state index contributed by atoms with van der Waals surface area (Å²) in [6.45, 7) is 0.928. The van der Waals surface area contributed by atoms with Gasteiger partial charge in [-0.15, -0.1) is 0 Å². The number of nitrogens with zero attached hydrogens (tertiary/aromatic N) is 2. The zero-order valence-corrected chi connectivity index (χ0v) is 15.9. The smallest absolute Gasteiger partial charge is 0.244 e. The minimum atomic E-state index is -0.272. The molecule has 7 nitrogen and oxygen atoms in total. The Bertz CT molecular complexity index is 1020. The third-order valence-electron chi connectivity index (χ3n) is 5.46. The summed E-state index contributed by atoms with van der Waals surface area (Å²) in [7, 11) is 0. The van der Waals surface area contributed by atoms with Crippen LogP contribution in [0.25, 0.3) is 0 Å². The van der Waals surface area contributed by atoms with E-state index in [1.54, 1.807) is 23.1 Å². The van der Waals surface area contributed by atoms with Gasteiger partial charge in [-0.1, -0.05) is 12.1 Å². The molecule has 0 bridgehead atoms. The summed E-state index contributed by atoms with van der Waals surface area (Å²) >= 11 is 0. The third kappa shape index (κ3) is 3.33. The molecule has 1 aliphatic carbocycles. The fourth-order valence-corrected chi connectivity index (χ4v) is 4.10. The first-order valence-electron chi connectivity index (χ1n) is 9.86. The Hall–Kier alpha value is -3.35. The second-order valence-electron chi connectivity index (χ2n) is 7.37. The van der Waals surface area contributed by atoms with Crippen LogP contribution in [0.5, 0.6) is 11.5 Å². The van der Waals surface area contributed by atoms with Crippen molar-refractivity contribution in [3.63, 3.8) is 0 Å². The number of amides is 2. The van der Waals surface area contributed by atoms with E-state index in [4.69, 9.17) is 14.5 Å². The molecule has 1 N–H and O–H groups in total.